The second-order valence-corrected chi connectivity index (χ2v) is 6.93. The molecule has 0 spiro atoms. The molecule has 0 atom stereocenters. The van der Waals surface area contributed by atoms with Crippen LogP contribution in [0.1, 0.15) is 63.5 Å². The molecule has 0 bridgehead atoms. The first kappa shape index (κ1) is 21.8. The number of benzene rings is 1. The van der Waals surface area contributed by atoms with Crippen LogP contribution >= 0.6 is 12.4 Å². The van der Waals surface area contributed by atoms with Crippen molar-refractivity contribution in [2.24, 2.45) is 0 Å². The summed E-state index contributed by atoms with van der Waals surface area (Å²) in [6, 6.07) is 3.98. The van der Waals surface area contributed by atoms with Crippen LogP contribution in [-0.4, -0.2) is 37.1 Å². The average molecular weight is 370 g/mol. The summed E-state index contributed by atoms with van der Waals surface area (Å²) in [5, 5.41) is 0. The zero-order chi connectivity index (χ0) is 17.5. The second-order valence-electron chi connectivity index (χ2n) is 6.93. The summed E-state index contributed by atoms with van der Waals surface area (Å²) in [4.78, 5) is 14.3. The maximum absolute atomic E-state index is 11.8. The van der Waals surface area contributed by atoms with Gasteiger partial charge in [-0.2, -0.15) is 0 Å². The van der Waals surface area contributed by atoms with Gasteiger partial charge in [-0.3, -0.25) is 9.69 Å². The SMILES string of the molecule is CCCC(=O)Oc1cc(C)c(OCCN2CCCC2)cc1C(C)C.Cl. The van der Waals surface area contributed by atoms with Gasteiger partial charge in [0.15, 0.2) is 0 Å². The van der Waals surface area contributed by atoms with Gasteiger partial charge in [0.25, 0.3) is 0 Å². The number of likely N-dealkylation sites (tertiary alicyclic amines) is 1. The van der Waals surface area contributed by atoms with Gasteiger partial charge < -0.3 is 9.47 Å². The van der Waals surface area contributed by atoms with Gasteiger partial charge in [-0.25, -0.2) is 0 Å². The van der Waals surface area contributed by atoms with E-state index in [1.165, 1.54) is 25.9 Å². The van der Waals surface area contributed by atoms with Gasteiger partial charge in [0.1, 0.15) is 18.1 Å². The van der Waals surface area contributed by atoms with E-state index in [1.54, 1.807) is 0 Å². The van der Waals surface area contributed by atoms with Gasteiger partial charge in [-0.15, -0.1) is 12.4 Å². The molecular weight excluding hydrogens is 338 g/mol. The third-order valence-corrected chi connectivity index (χ3v) is 4.47. The van der Waals surface area contributed by atoms with E-state index in [0.717, 1.165) is 29.8 Å². The molecule has 0 radical (unpaired) electrons. The lowest BCUT2D eigenvalue weighted by atomic mass is 9.99. The van der Waals surface area contributed by atoms with Crippen LogP contribution in [0.4, 0.5) is 0 Å². The monoisotopic (exact) mass is 369 g/mol. The van der Waals surface area contributed by atoms with Gasteiger partial charge in [-0.1, -0.05) is 20.8 Å². The summed E-state index contributed by atoms with van der Waals surface area (Å²) in [6.07, 6.45) is 3.85. The summed E-state index contributed by atoms with van der Waals surface area (Å²) >= 11 is 0. The van der Waals surface area contributed by atoms with E-state index in [1.807, 2.05) is 26.0 Å². The van der Waals surface area contributed by atoms with Crippen LogP contribution < -0.4 is 9.47 Å². The lowest BCUT2D eigenvalue weighted by Crippen LogP contribution is -2.25. The molecule has 1 aromatic rings. The van der Waals surface area contributed by atoms with Crippen molar-refractivity contribution in [3.8, 4) is 11.5 Å². The van der Waals surface area contributed by atoms with Crippen LogP contribution in [-0.2, 0) is 4.79 Å². The Balaban J connectivity index is 0.00000312. The van der Waals surface area contributed by atoms with Gasteiger partial charge in [0.05, 0.1) is 0 Å². The van der Waals surface area contributed by atoms with Crippen LogP contribution in [0.5, 0.6) is 11.5 Å². The number of carbonyl (C=O) groups is 1. The molecule has 0 saturated carbocycles. The molecule has 4 nitrogen and oxygen atoms in total. The highest BCUT2D eigenvalue weighted by Crippen LogP contribution is 2.33. The van der Waals surface area contributed by atoms with Gasteiger partial charge >= 0.3 is 5.97 Å². The van der Waals surface area contributed by atoms with Crippen LogP contribution in [0.15, 0.2) is 12.1 Å². The normalized spacial score (nSPS) is 14.4. The van der Waals surface area contributed by atoms with E-state index >= 15 is 0 Å². The minimum atomic E-state index is -0.165. The largest absolute Gasteiger partial charge is 0.492 e. The Bertz CT molecular complexity index is 554. The number of aryl methyl sites for hydroxylation is 1. The molecule has 142 valence electrons. The number of esters is 1. The van der Waals surface area contributed by atoms with E-state index in [-0.39, 0.29) is 24.3 Å². The fraction of sp³-hybridized carbons (Fsp3) is 0.650. The highest BCUT2D eigenvalue weighted by molar-refractivity contribution is 5.85. The van der Waals surface area contributed by atoms with E-state index in [0.29, 0.717) is 18.8 Å². The zero-order valence-corrected chi connectivity index (χ0v) is 16.8. The minimum Gasteiger partial charge on any atom is -0.492 e. The van der Waals surface area contributed by atoms with Crippen LogP contribution in [0.25, 0.3) is 0 Å². The molecule has 1 heterocycles. The molecule has 25 heavy (non-hydrogen) atoms. The number of carbonyl (C=O) groups excluding carboxylic acids is 1. The second kappa shape index (κ2) is 10.7. The first-order chi connectivity index (χ1) is 11.5. The van der Waals surface area contributed by atoms with Crippen molar-refractivity contribution < 1.29 is 14.3 Å². The maximum Gasteiger partial charge on any atom is 0.311 e. The molecule has 1 aromatic carbocycles. The zero-order valence-electron chi connectivity index (χ0n) is 16.0. The highest BCUT2D eigenvalue weighted by Gasteiger charge is 2.16. The lowest BCUT2D eigenvalue weighted by molar-refractivity contribution is -0.134. The Morgan fingerprint density at radius 3 is 2.48 bits per heavy atom. The lowest BCUT2D eigenvalue weighted by Gasteiger charge is -2.19. The number of hydrogen-bond donors (Lipinski definition) is 0. The Hall–Kier alpha value is -1.26. The maximum atomic E-state index is 11.8. The molecule has 1 aliphatic rings. The van der Waals surface area contributed by atoms with Crippen LogP contribution in [0.3, 0.4) is 0 Å². The molecule has 1 aliphatic heterocycles. The van der Waals surface area contributed by atoms with Crippen molar-refractivity contribution in [3.63, 3.8) is 0 Å². The predicted octanol–water partition coefficient (Wildman–Crippen LogP) is 4.72. The number of ether oxygens (including phenoxy) is 2. The molecule has 0 aliphatic carbocycles. The Morgan fingerprint density at radius 1 is 1.20 bits per heavy atom. The van der Waals surface area contributed by atoms with E-state index in [2.05, 4.69) is 18.7 Å². The molecule has 1 saturated heterocycles. The Labute approximate surface area is 158 Å². The van der Waals surface area contributed by atoms with Gasteiger partial charge in [-0.05, 0) is 62.9 Å². The Morgan fingerprint density at radius 2 is 1.88 bits per heavy atom. The summed E-state index contributed by atoms with van der Waals surface area (Å²) in [5.41, 5.74) is 2.04. The third-order valence-electron chi connectivity index (χ3n) is 4.47. The standard InChI is InChI=1S/C20H31NO3.ClH/c1-5-8-20(22)24-19-13-16(4)18(14-17(19)15(2)3)23-12-11-21-9-6-7-10-21;/h13-15H,5-12H2,1-4H3;1H. The van der Waals surface area contributed by atoms with E-state index in [9.17, 15) is 4.79 Å². The fourth-order valence-electron chi connectivity index (χ4n) is 3.04. The first-order valence-electron chi connectivity index (χ1n) is 9.21. The molecule has 0 unspecified atom stereocenters. The van der Waals surface area contributed by atoms with Crippen LogP contribution in [0, 0.1) is 6.92 Å². The smallest absolute Gasteiger partial charge is 0.311 e. The van der Waals surface area contributed by atoms with Crippen molar-refractivity contribution in [2.45, 2.75) is 59.3 Å². The third kappa shape index (κ3) is 6.52. The summed E-state index contributed by atoms with van der Waals surface area (Å²) in [5.74, 6) is 1.68. The summed E-state index contributed by atoms with van der Waals surface area (Å²) in [7, 11) is 0. The van der Waals surface area contributed by atoms with Crippen molar-refractivity contribution in [1.29, 1.82) is 0 Å². The molecular formula is C20H32ClNO3. The van der Waals surface area contributed by atoms with Crippen LogP contribution in [0.2, 0.25) is 0 Å². The average Bonchev–Trinajstić information content (AvgIpc) is 3.02. The van der Waals surface area contributed by atoms with E-state index in [4.69, 9.17) is 9.47 Å². The van der Waals surface area contributed by atoms with E-state index < -0.39 is 0 Å². The molecule has 5 heteroatoms. The molecule has 2 rings (SSSR count). The molecule has 0 aromatic heterocycles. The molecule has 0 N–H and O–H groups in total. The topological polar surface area (TPSA) is 38.8 Å². The van der Waals surface area contributed by atoms with Crippen molar-refractivity contribution in [3.05, 3.63) is 23.3 Å². The predicted molar refractivity (Wildman–Crippen MR) is 104 cm³/mol. The van der Waals surface area contributed by atoms with Crippen molar-refractivity contribution in [2.75, 3.05) is 26.2 Å². The molecule has 0 amide bonds. The van der Waals surface area contributed by atoms with Gasteiger partial charge in [0, 0.05) is 18.5 Å². The molecule has 1 fully saturated rings. The Kier molecular flexibility index (Phi) is 9.30. The van der Waals surface area contributed by atoms with Gasteiger partial charge in [0.2, 0.25) is 0 Å². The number of rotatable bonds is 8. The highest BCUT2D eigenvalue weighted by atomic mass is 35.5. The minimum absolute atomic E-state index is 0. The first-order valence-corrected chi connectivity index (χ1v) is 9.21. The fourth-order valence-corrected chi connectivity index (χ4v) is 3.04. The van der Waals surface area contributed by atoms with Crippen molar-refractivity contribution in [1.82, 2.24) is 4.90 Å². The number of nitrogens with zero attached hydrogens (tertiary/aromatic N) is 1. The summed E-state index contributed by atoms with van der Waals surface area (Å²) in [6.45, 7) is 12.3. The summed E-state index contributed by atoms with van der Waals surface area (Å²) < 4.78 is 11.6. The number of halogens is 1. The quantitative estimate of drug-likeness (QED) is 0.491. The van der Waals surface area contributed by atoms with Crippen molar-refractivity contribution >= 4 is 18.4 Å². The number of hydrogen-bond acceptors (Lipinski definition) is 4.